The van der Waals surface area contributed by atoms with Crippen LogP contribution in [0.15, 0.2) is 53.3 Å². The first kappa shape index (κ1) is 21.3. The first-order valence-corrected chi connectivity index (χ1v) is 9.74. The normalized spacial score (nSPS) is 18.0. The Morgan fingerprint density at radius 3 is 2.44 bits per heavy atom. The number of urea groups is 1. The summed E-state index contributed by atoms with van der Waals surface area (Å²) in [6.45, 7) is 0. The number of halogens is 3. The lowest BCUT2D eigenvalue weighted by atomic mass is 9.75. The summed E-state index contributed by atoms with van der Waals surface area (Å²) in [5.74, 6) is -0.808. The summed E-state index contributed by atoms with van der Waals surface area (Å²) in [7, 11) is 0. The first-order valence-electron chi connectivity index (χ1n) is 9.74. The van der Waals surface area contributed by atoms with E-state index in [0.717, 1.165) is 12.1 Å². The van der Waals surface area contributed by atoms with Crippen LogP contribution in [0.1, 0.15) is 40.4 Å². The molecule has 0 bridgehead atoms. The predicted octanol–water partition coefficient (Wildman–Crippen LogP) is 2.83. The van der Waals surface area contributed by atoms with Gasteiger partial charge in [0.2, 0.25) is 0 Å². The number of rotatable bonds is 3. The number of fused-ring (bicyclic) bond motifs is 1. The highest BCUT2D eigenvalue weighted by molar-refractivity contribution is 6.05. The molecule has 1 fully saturated rings. The fourth-order valence-corrected chi connectivity index (χ4v) is 3.66. The highest BCUT2D eigenvalue weighted by Gasteiger charge is 2.34. The third-order valence-electron chi connectivity index (χ3n) is 5.36. The second-order valence-corrected chi connectivity index (χ2v) is 7.49. The number of carbonyl (C=O) groups excluding carboxylic acids is 2. The number of nitrogens with one attached hydrogen (secondary N) is 4. The monoisotopic (exact) mass is 445 g/mol. The summed E-state index contributed by atoms with van der Waals surface area (Å²) >= 11 is 0. The fraction of sp³-hybridized carbons (Fsp3) is 0.238. The molecule has 3 aromatic rings. The van der Waals surface area contributed by atoms with E-state index in [0.29, 0.717) is 23.8 Å². The van der Waals surface area contributed by atoms with Gasteiger partial charge in [-0.2, -0.15) is 18.3 Å². The maximum absolute atomic E-state index is 12.9. The number of benzene rings is 2. The summed E-state index contributed by atoms with van der Waals surface area (Å²) in [4.78, 5) is 36.2. The zero-order valence-electron chi connectivity index (χ0n) is 16.5. The number of hydrazine groups is 1. The van der Waals surface area contributed by atoms with Gasteiger partial charge in [-0.1, -0.05) is 36.4 Å². The molecule has 3 amide bonds. The van der Waals surface area contributed by atoms with E-state index in [4.69, 9.17) is 0 Å². The molecule has 1 aromatic heterocycles. The quantitative estimate of drug-likeness (QED) is 0.464. The molecule has 1 saturated carbocycles. The van der Waals surface area contributed by atoms with Crippen LogP contribution in [0, 0.1) is 0 Å². The van der Waals surface area contributed by atoms with Crippen LogP contribution in [0.5, 0.6) is 0 Å². The van der Waals surface area contributed by atoms with Crippen molar-refractivity contribution in [1.29, 1.82) is 0 Å². The number of amides is 3. The lowest BCUT2D eigenvalue weighted by Crippen LogP contribution is -2.52. The fourth-order valence-electron chi connectivity index (χ4n) is 3.66. The van der Waals surface area contributed by atoms with E-state index in [-0.39, 0.29) is 23.0 Å². The van der Waals surface area contributed by atoms with Gasteiger partial charge < -0.3 is 5.32 Å². The van der Waals surface area contributed by atoms with Crippen LogP contribution in [-0.2, 0) is 6.18 Å². The van der Waals surface area contributed by atoms with Crippen molar-refractivity contribution in [3.05, 3.63) is 75.7 Å². The molecule has 1 aliphatic carbocycles. The summed E-state index contributed by atoms with van der Waals surface area (Å²) in [6.07, 6.45) is -3.44. The topological polar surface area (TPSA) is 116 Å². The van der Waals surface area contributed by atoms with Crippen LogP contribution in [-0.4, -0.2) is 28.2 Å². The molecule has 4 rings (SSSR count). The number of aromatic nitrogens is 2. The van der Waals surface area contributed by atoms with Crippen molar-refractivity contribution in [3.63, 3.8) is 0 Å². The zero-order chi connectivity index (χ0) is 22.9. The molecule has 166 valence electrons. The Kier molecular flexibility index (Phi) is 5.56. The predicted molar refractivity (Wildman–Crippen MR) is 109 cm³/mol. The van der Waals surface area contributed by atoms with Gasteiger partial charge in [-0.3, -0.25) is 15.0 Å². The number of nitrogens with zero attached hydrogens (tertiary/aromatic N) is 1. The molecule has 4 N–H and O–H groups in total. The van der Waals surface area contributed by atoms with Crippen molar-refractivity contribution in [2.24, 2.45) is 0 Å². The Labute approximate surface area is 179 Å². The minimum absolute atomic E-state index is 0.0613. The van der Waals surface area contributed by atoms with Gasteiger partial charge in [-0.15, -0.1) is 0 Å². The van der Waals surface area contributed by atoms with E-state index in [1.807, 2.05) is 0 Å². The van der Waals surface area contributed by atoms with Gasteiger partial charge >= 0.3 is 12.2 Å². The number of hydrogen-bond acceptors (Lipinski definition) is 4. The number of H-pyrrole nitrogens is 1. The van der Waals surface area contributed by atoms with Gasteiger partial charge in [-0.05, 0) is 36.5 Å². The molecule has 0 spiro atoms. The lowest BCUT2D eigenvalue weighted by molar-refractivity contribution is -0.137. The van der Waals surface area contributed by atoms with Crippen molar-refractivity contribution < 1.29 is 22.8 Å². The van der Waals surface area contributed by atoms with E-state index in [2.05, 4.69) is 26.4 Å². The van der Waals surface area contributed by atoms with Crippen molar-refractivity contribution in [2.45, 2.75) is 31.0 Å². The Bertz CT molecular complexity index is 1240. The molecule has 0 radical (unpaired) electrons. The van der Waals surface area contributed by atoms with E-state index in [9.17, 15) is 27.6 Å². The second kappa shape index (κ2) is 8.33. The number of aromatic amines is 1. The molecular weight excluding hydrogens is 427 g/mol. The lowest BCUT2D eigenvalue weighted by Gasteiger charge is -2.36. The maximum Gasteiger partial charge on any atom is 0.416 e. The summed E-state index contributed by atoms with van der Waals surface area (Å²) in [5, 5.41) is 9.24. The van der Waals surface area contributed by atoms with Crippen LogP contribution in [0.4, 0.5) is 18.0 Å². The van der Waals surface area contributed by atoms with Gasteiger partial charge in [0, 0.05) is 11.4 Å². The average molecular weight is 445 g/mol. The van der Waals surface area contributed by atoms with Crippen LogP contribution in [0.25, 0.3) is 10.8 Å². The van der Waals surface area contributed by atoms with E-state index in [1.165, 1.54) is 6.07 Å². The van der Waals surface area contributed by atoms with E-state index >= 15 is 0 Å². The van der Waals surface area contributed by atoms with E-state index < -0.39 is 29.2 Å². The third kappa shape index (κ3) is 4.41. The molecule has 32 heavy (non-hydrogen) atoms. The van der Waals surface area contributed by atoms with Crippen molar-refractivity contribution in [2.75, 3.05) is 0 Å². The molecule has 1 heterocycles. The highest BCUT2D eigenvalue weighted by atomic mass is 19.4. The zero-order valence-corrected chi connectivity index (χ0v) is 16.5. The average Bonchev–Trinajstić information content (AvgIpc) is 2.74. The number of carbonyl (C=O) groups is 2. The van der Waals surface area contributed by atoms with Crippen molar-refractivity contribution in [3.8, 4) is 0 Å². The van der Waals surface area contributed by atoms with Gasteiger partial charge in [-0.25, -0.2) is 15.3 Å². The highest BCUT2D eigenvalue weighted by Crippen LogP contribution is 2.39. The molecular formula is C21H18F3N5O3. The van der Waals surface area contributed by atoms with Gasteiger partial charge in [0.05, 0.1) is 10.9 Å². The molecule has 11 heteroatoms. The SMILES string of the molecule is O=C(NNC(=O)c1n[nH]c(=O)c2ccccc12)NC1CC(c2cccc(C(F)(F)F)c2)C1. The molecule has 8 nitrogen and oxygen atoms in total. The molecule has 0 unspecified atom stereocenters. The van der Waals surface area contributed by atoms with E-state index in [1.54, 1.807) is 30.3 Å². The second-order valence-electron chi connectivity index (χ2n) is 7.49. The smallest absolute Gasteiger partial charge is 0.334 e. The van der Waals surface area contributed by atoms with Gasteiger partial charge in [0.15, 0.2) is 5.69 Å². The van der Waals surface area contributed by atoms with Crippen molar-refractivity contribution >= 4 is 22.7 Å². The largest absolute Gasteiger partial charge is 0.416 e. The molecule has 2 aromatic carbocycles. The number of hydrogen-bond donors (Lipinski definition) is 4. The molecule has 0 saturated heterocycles. The summed E-state index contributed by atoms with van der Waals surface area (Å²) < 4.78 is 38.6. The van der Waals surface area contributed by atoms with Crippen LogP contribution < -0.4 is 21.7 Å². The van der Waals surface area contributed by atoms with Crippen LogP contribution in [0.2, 0.25) is 0 Å². The number of alkyl halides is 3. The Morgan fingerprint density at radius 1 is 1.00 bits per heavy atom. The van der Waals surface area contributed by atoms with Crippen LogP contribution >= 0.6 is 0 Å². The third-order valence-corrected chi connectivity index (χ3v) is 5.36. The Morgan fingerprint density at radius 2 is 1.72 bits per heavy atom. The summed E-state index contributed by atoms with van der Waals surface area (Å²) in [5.41, 5.74) is 3.80. The standard InChI is InChI=1S/C21H18F3N5O3/c22-21(23,24)13-5-3-4-11(8-13)12-9-14(10-12)25-20(32)29-28-19(31)17-15-6-1-2-7-16(15)18(30)27-26-17/h1-8,12,14H,9-10H2,(H,27,30)(H,28,31)(H2,25,29,32). The first-order chi connectivity index (χ1) is 15.2. The molecule has 0 aliphatic heterocycles. The molecule has 0 atom stereocenters. The van der Waals surface area contributed by atoms with Gasteiger partial charge in [0.1, 0.15) is 0 Å². The van der Waals surface area contributed by atoms with Crippen LogP contribution in [0.3, 0.4) is 0 Å². The maximum atomic E-state index is 12.9. The molecule has 1 aliphatic rings. The summed E-state index contributed by atoms with van der Waals surface area (Å²) in [6, 6.07) is 10.7. The Balaban J connectivity index is 1.29. The van der Waals surface area contributed by atoms with Crippen molar-refractivity contribution in [1.82, 2.24) is 26.4 Å². The minimum Gasteiger partial charge on any atom is -0.334 e. The minimum atomic E-state index is -4.40. The Hall–Kier alpha value is -3.89. The van der Waals surface area contributed by atoms with Gasteiger partial charge in [0.25, 0.3) is 11.5 Å².